The minimum atomic E-state index is -0.679. The number of esters is 2. The number of nitro benzene ring substituents is 1. The van der Waals surface area contributed by atoms with Gasteiger partial charge >= 0.3 is 11.9 Å². The first-order valence-corrected chi connectivity index (χ1v) is 11.7. The van der Waals surface area contributed by atoms with Crippen LogP contribution in [-0.4, -0.2) is 35.5 Å². The highest BCUT2D eigenvalue weighted by Gasteiger charge is 2.28. The molecule has 0 radical (unpaired) electrons. The number of rotatable bonds is 10. The molecule has 0 spiro atoms. The molecule has 0 fully saturated rings. The standard InChI is InChI=1S/C24H24N2O9S/c1-5-32-24(29)20-14(4)19(23(28)34-13(2)3)22(36-20)25-21(27)18-11-10-17(35-18)12-33-16-8-6-15(7-9-16)26(30)31/h6-11,13H,5,12H2,1-4H3,(H,25,27). The van der Waals surface area contributed by atoms with Gasteiger partial charge in [0.15, 0.2) is 5.76 Å². The minimum absolute atomic E-state index is 0.0256. The number of anilines is 1. The zero-order valence-corrected chi connectivity index (χ0v) is 20.8. The zero-order chi connectivity index (χ0) is 26.4. The molecule has 0 saturated heterocycles. The van der Waals surface area contributed by atoms with Gasteiger partial charge in [0.2, 0.25) is 0 Å². The third-order valence-electron chi connectivity index (χ3n) is 4.70. The number of benzene rings is 1. The Balaban J connectivity index is 1.75. The highest BCUT2D eigenvalue weighted by atomic mass is 32.1. The van der Waals surface area contributed by atoms with Crippen molar-refractivity contribution < 1.29 is 37.9 Å². The third kappa shape index (κ3) is 6.27. The van der Waals surface area contributed by atoms with E-state index in [-0.39, 0.29) is 40.1 Å². The van der Waals surface area contributed by atoms with Gasteiger partial charge in [-0.05, 0) is 57.5 Å². The number of hydrogen-bond acceptors (Lipinski definition) is 10. The summed E-state index contributed by atoms with van der Waals surface area (Å²) in [5, 5.41) is 13.5. The Hall–Kier alpha value is -4.19. The van der Waals surface area contributed by atoms with E-state index >= 15 is 0 Å². The van der Waals surface area contributed by atoms with Crippen LogP contribution in [0.4, 0.5) is 10.7 Å². The van der Waals surface area contributed by atoms with E-state index < -0.39 is 28.9 Å². The topological polar surface area (TPSA) is 147 Å². The molecule has 1 aromatic carbocycles. The number of nitro groups is 1. The van der Waals surface area contributed by atoms with Gasteiger partial charge in [-0.3, -0.25) is 14.9 Å². The molecule has 2 aromatic heterocycles. The molecule has 0 bridgehead atoms. The minimum Gasteiger partial charge on any atom is -0.486 e. The van der Waals surface area contributed by atoms with E-state index in [1.54, 1.807) is 27.7 Å². The molecule has 1 amide bonds. The van der Waals surface area contributed by atoms with E-state index in [2.05, 4.69) is 5.32 Å². The van der Waals surface area contributed by atoms with Crippen molar-refractivity contribution in [3.63, 3.8) is 0 Å². The number of amides is 1. The molecule has 0 unspecified atom stereocenters. The maximum atomic E-state index is 12.8. The second-order valence-corrected chi connectivity index (χ2v) is 8.72. The monoisotopic (exact) mass is 516 g/mol. The average molecular weight is 517 g/mol. The summed E-state index contributed by atoms with van der Waals surface area (Å²) in [4.78, 5) is 48.3. The maximum absolute atomic E-state index is 12.8. The van der Waals surface area contributed by atoms with Crippen LogP contribution in [0.1, 0.15) is 62.7 Å². The Bertz CT molecular complexity index is 1280. The smallest absolute Gasteiger partial charge is 0.348 e. The van der Waals surface area contributed by atoms with E-state index in [1.807, 2.05) is 0 Å². The summed E-state index contributed by atoms with van der Waals surface area (Å²) < 4.78 is 21.4. The highest BCUT2D eigenvalue weighted by Crippen LogP contribution is 2.35. The van der Waals surface area contributed by atoms with Crippen LogP contribution >= 0.6 is 11.3 Å². The molecule has 0 aliphatic rings. The Morgan fingerprint density at radius 2 is 1.81 bits per heavy atom. The number of hydrogen-bond donors (Lipinski definition) is 1. The van der Waals surface area contributed by atoms with Crippen molar-refractivity contribution in [1.29, 1.82) is 0 Å². The number of carbonyl (C=O) groups is 3. The van der Waals surface area contributed by atoms with Gasteiger partial charge in [0, 0.05) is 12.1 Å². The van der Waals surface area contributed by atoms with Gasteiger partial charge in [0.25, 0.3) is 11.6 Å². The lowest BCUT2D eigenvalue weighted by Crippen LogP contribution is -2.16. The van der Waals surface area contributed by atoms with Crippen LogP contribution in [0.15, 0.2) is 40.8 Å². The molecule has 3 rings (SSSR count). The summed E-state index contributed by atoms with van der Waals surface area (Å²) in [6, 6.07) is 8.50. The van der Waals surface area contributed by atoms with Crippen molar-refractivity contribution in [2.24, 2.45) is 0 Å². The Morgan fingerprint density at radius 3 is 2.42 bits per heavy atom. The molecule has 36 heavy (non-hydrogen) atoms. The zero-order valence-electron chi connectivity index (χ0n) is 20.0. The van der Waals surface area contributed by atoms with E-state index in [0.717, 1.165) is 11.3 Å². The first-order chi connectivity index (χ1) is 17.1. The summed E-state index contributed by atoms with van der Waals surface area (Å²) >= 11 is 0.908. The van der Waals surface area contributed by atoms with Gasteiger partial charge < -0.3 is 23.9 Å². The second kappa shape index (κ2) is 11.5. The van der Waals surface area contributed by atoms with E-state index in [1.165, 1.54) is 36.4 Å². The van der Waals surface area contributed by atoms with Crippen LogP contribution in [0.3, 0.4) is 0 Å². The lowest BCUT2D eigenvalue weighted by atomic mass is 10.1. The number of ether oxygens (including phenoxy) is 3. The van der Waals surface area contributed by atoms with Crippen LogP contribution in [0, 0.1) is 17.0 Å². The highest BCUT2D eigenvalue weighted by molar-refractivity contribution is 7.18. The van der Waals surface area contributed by atoms with E-state index in [9.17, 15) is 24.5 Å². The van der Waals surface area contributed by atoms with Crippen LogP contribution in [-0.2, 0) is 16.1 Å². The third-order valence-corrected chi connectivity index (χ3v) is 5.88. The molecule has 0 aliphatic carbocycles. The van der Waals surface area contributed by atoms with Crippen LogP contribution in [0.5, 0.6) is 5.75 Å². The van der Waals surface area contributed by atoms with Gasteiger partial charge in [0.05, 0.1) is 23.2 Å². The molecular weight excluding hydrogens is 492 g/mol. The summed E-state index contributed by atoms with van der Waals surface area (Å²) in [6.07, 6.45) is -0.408. The number of thiophene rings is 1. The number of furan rings is 1. The molecule has 12 heteroatoms. The molecule has 3 aromatic rings. The number of non-ortho nitro benzene ring substituents is 1. The van der Waals surface area contributed by atoms with Crippen molar-refractivity contribution in [3.05, 3.63) is 74.0 Å². The van der Waals surface area contributed by atoms with Gasteiger partial charge in [-0.2, -0.15) is 0 Å². The molecule has 0 saturated carbocycles. The summed E-state index contributed by atoms with van der Waals surface area (Å²) in [6.45, 7) is 6.75. The van der Waals surface area contributed by atoms with E-state index in [4.69, 9.17) is 18.6 Å². The molecule has 2 heterocycles. The first-order valence-electron chi connectivity index (χ1n) is 10.9. The molecular formula is C24H24N2O9S. The molecule has 0 atom stereocenters. The van der Waals surface area contributed by atoms with Crippen molar-refractivity contribution >= 4 is 39.9 Å². The predicted octanol–water partition coefficient (Wildman–Crippen LogP) is 5.13. The fourth-order valence-electron chi connectivity index (χ4n) is 3.07. The fourth-order valence-corrected chi connectivity index (χ4v) is 4.16. The lowest BCUT2D eigenvalue weighted by molar-refractivity contribution is -0.384. The summed E-state index contributed by atoms with van der Waals surface area (Å²) in [7, 11) is 0. The van der Waals surface area contributed by atoms with Crippen molar-refractivity contribution in [1.82, 2.24) is 0 Å². The fraction of sp³-hybridized carbons (Fsp3) is 0.292. The van der Waals surface area contributed by atoms with Crippen LogP contribution in [0.25, 0.3) is 0 Å². The van der Waals surface area contributed by atoms with E-state index in [0.29, 0.717) is 17.1 Å². The number of nitrogens with zero attached hydrogens (tertiary/aromatic N) is 1. The lowest BCUT2D eigenvalue weighted by Gasteiger charge is -2.10. The molecule has 0 aliphatic heterocycles. The molecule has 11 nitrogen and oxygen atoms in total. The second-order valence-electron chi connectivity index (χ2n) is 7.69. The largest absolute Gasteiger partial charge is 0.486 e. The van der Waals surface area contributed by atoms with Gasteiger partial charge in [-0.1, -0.05) is 0 Å². The van der Waals surface area contributed by atoms with Crippen molar-refractivity contribution in [2.45, 2.75) is 40.4 Å². The number of carbonyl (C=O) groups excluding carboxylic acids is 3. The maximum Gasteiger partial charge on any atom is 0.348 e. The van der Waals surface area contributed by atoms with Gasteiger partial charge in [0.1, 0.15) is 28.0 Å². The van der Waals surface area contributed by atoms with Crippen molar-refractivity contribution in [3.8, 4) is 5.75 Å². The van der Waals surface area contributed by atoms with Crippen LogP contribution in [0.2, 0.25) is 0 Å². The Kier molecular flexibility index (Phi) is 8.43. The summed E-state index contributed by atoms with van der Waals surface area (Å²) in [5.74, 6) is -1.27. The predicted molar refractivity (Wildman–Crippen MR) is 130 cm³/mol. The van der Waals surface area contributed by atoms with Gasteiger partial charge in [-0.15, -0.1) is 11.3 Å². The molecule has 1 N–H and O–H groups in total. The quantitative estimate of drug-likeness (QED) is 0.220. The summed E-state index contributed by atoms with van der Waals surface area (Å²) in [5.41, 5.74) is 0.347. The normalized spacial score (nSPS) is 10.7. The number of nitrogens with one attached hydrogen (secondary N) is 1. The van der Waals surface area contributed by atoms with Crippen molar-refractivity contribution in [2.75, 3.05) is 11.9 Å². The Labute approximate surface area is 210 Å². The molecule has 190 valence electrons. The average Bonchev–Trinajstić information content (AvgIpc) is 3.42. The Morgan fingerprint density at radius 1 is 1.11 bits per heavy atom. The first kappa shape index (κ1) is 26.4. The van der Waals surface area contributed by atoms with Gasteiger partial charge in [-0.25, -0.2) is 9.59 Å². The van der Waals surface area contributed by atoms with Crippen LogP contribution < -0.4 is 10.1 Å². The SMILES string of the molecule is CCOC(=O)c1sc(NC(=O)c2ccc(COc3ccc([N+](=O)[O-])cc3)o2)c(C(=O)OC(C)C)c1C.